The molecule has 6 aliphatic carbocycles. The second-order valence-electron chi connectivity index (χ2n) is 21.4. The molecule has 85 heavy (non-hydrogen) atoms. The topological polar surface area (TPSA) is 343 Å². The smallest absolute Gasteiger partial charge is 0.747 e. The fraction of sp³-hybridized carbons (Fsp3) is 0.400. The Bertz CT molecular complexity index is 3290. The van der Waals surface area contributed by atoms with Gasteiger partial charge in [0.1, 0.15) is 60.7 Å². The van der Waals surface area contributed by atoms with E-state index in [-0.39, 0.29) is 17.4 Å². The van der Waals surface area contributed by atoms with E-state index in [1.54, 1.807) is 72.8 Å². The van der Waals surface area contributed by atoms with Crippen molar-refractivity contribution in [2.45, 2.75) is 147 Å². The molecule has 0 fully saturated rings. The van der Waals surface area contributed by atoms with Crippen LogP contribution < -0.4 is 0 Å². The molecule has 0 N–H and O–H groups in total. The van der Waals surface area contributed by atoms with Crippen molar-refractivity contribution in [3.8, 4) is 0 Å². The Kier molecular flexibility index (Phi) is 24.5. The Hall–Kier alpha value is -4.69. The molecule has 0 saturated heterocycles. The van der Waals surface area contributed by atoms with Crippen LogP contribution in [0, 0.1) is 0 Å². The van der Waals surface area contributed by atoms with Gasteiger partial charge in [0.15, 0.2) is 0 Å². The zero-order chi connectivity index (χ0) is 61.1. The summed E-state index contributed by atoms with van der Waals surface area (Å²) in [5.41, 5.74) is 10.2. The fourth-order valence-corrected chi connectivity index (χ4v) is 18.0. The second-order valence-corrected chi connectivity index (χ2v) is 30.8. The maximum atomic E-state index is 11.0. The SMILES string of the molecule is O=S(=O)([O-])C1CCCc2ccccc21.O=S(=O)([O-])C1CCCc2ccccc21.O=S(=O)([O-])C1CCCc2ccccc21.O=S(=O)([O-])C1CCCc2ccccc21.O=S(=O)([O-])C1CCCc2ccccc21.O=S(=O)([O-])C1CCCc2ccccc21.[Cr+6]. The van der Waals surface area contributed by atoms with Crippen LogP contribution in [-0.2, 0) is 117 Å². The number of hydrogen-bond donors (Lipinski definition) is 0. The van der Waals surface area contributed by atoms with Crippen molar-refractivity contribution >= 4 is 60.7 Å². The minimum Gasteiger partial charge on any atom is -0.747 e. The van der Waals surface area contributed by atoms with E-state index in [9.17, 15) is 77.8 Å². The molecule has 6 aliphatic rings. The number of rotatable bonds is 6. The van der Waals surface area contributed by atoms with Gasteiger partial charge in [0.2, 0.25) is 0 Å². The summed E-state index contributed by atoms with van der Waals surface area (Å²) in [6.07, 6.45) is 12.7. The molecule has 6 aromatic rings. The van der Waals surface area contributed by atoms with Gasteiger partial charge in [-0.05, 0) is 182 Å². The van der Waals surface area contributed by atoms with Gasteiger partial charge in [0.05, 0.1) is 31.5 Å². The first-order valence-electron chi connectivity index (χ1n) is 27.7. The molecule has 0 heterocycles. The molecule has 0 spiro atoms. The Labute approximate surface area is 511 Å². The van der Waals surface area contributed by atoms with Gasteiger partial charge < -0.3 is 27.3 Å². The molecule has 12 rings (SSSR count). The number of fused-ring (bicyclic) bond motifs is 6. The summed E-state index contributed by atoms with van der Waals surface area (Å²) in [7, 11) is -25.1. The van der Waals surface area contributed by atoms with E-state index in [1.807, 2.05) is 72.8 Å². The third-order valence-electron chi connectivity index (χ3n) is 16.0. The van der Waals surface area contributed by atoms with Gasteiger partial charge in [0, 0.05) is 0 Å². The number of hydrogen-bond acceptors (Lipinski definition) is 18. The molecule has 0 saturated carbocycles. The minimum atomic E-state index is -4.19. The van der Waals surface area contributed by atoms with Crippen molar-refractivity contribution in [1.82, 2.24) is 0 Å². The van der Waals surface area contributed by atoms with Crippen molar-refractivity contribution in [2.24, 2.45) is 0 Å². The monoisotopic (exact) mass is 1320 g/mol. The summed E-state index contributed by atoms with van der Waals surface area (Å²) >= 11 is 0. The predicted octanol–water partition coefficient (Wildman–Crippen LogP) is 9.65. The normalized spacial score (nSPS) is 21.4. The molecule has 0 amide bonds. The summed E-state index contributed by atoms with van der Waals surface area (Å²) in [5, 5.41) is -4.96. The van der Waals surface area contributed by atoms with Crippen LogP contribution in [0.3, 0.4) is 0 Å². The van der Waals surface area contributed by atoms with Crippen LogP contribution in [0.15, 0.2) is 146 Å². The molecule has 0 bridgehead atoms. The van der Waals surface area contributed by atoms with Crippen LogP contribution in [0.1, 0.15) is 175 Å². The maximum Gasteiger partial charge on any atom is 6.00 e. The molecule has 0 aromatic heterocycles. The Balaban J connectivity index is 0.000000163. The van der Waals surface area contributed by atoms with E-state index in [1.165, 1.54) is 0 Å². The largest absolute Gasteiger partial charge is 6.00 e. The molecular formula is C60H66CrO18S6. The van der Waals surface area contributed by atoms with Crippen LogP contribution in [0.2, 0.25) is 0 Å². The van der Waals surface area contributed by atoms with Crippen LogP contribution in [-0.4, -0.2) is 77.8 Å². The summed E-state index contributed by atoms with van der Waals surface area (Å²) in [4.78, 5) is 0. The van der Waals surface area contributed by atoms with Gasteiger partial charge in [-0.15, -0.1) is 0 Å². The van der Waals surface area contributed by atoms with E-state index >= 15 is 0 Å². The summed E-state index contributed by atoms with van der Waals surface area (Å²) < 4.78 is 198. The maximum absolute atomic E-state index is 11.0. The van der Waals surface area contributed by atoms with Crippen LogP contribution in [0.25, 0.3) is 0 Å². The van der Waals surface area contributed by atoms with Crippen LogP contribution >= 0.6 is 0 Å². The van der Waals surface area contributed by atoms with Crippen molar-refractivity contribution in [2.75, 3.05) is 0 Å². The summed E-state index contributed by atoms with van der Waals surface area (Å²) in [6.45, 7) is 0. The van der Waals surface area contributed by atoms with Gasteiger partial charge in [-0.3, -0.25) is 0 Å². The zero-order valence-corrected chi connectivity index (χ0v) is 52.4. The molecule has 0 radical (unpaired) electrons. The molecule has 25 heteroatoms. The average molecular weight is 1320 g/mol. The zero-order valence-electron chi connectivity index (χ0n) is 46.3. The predicted molar refractivity (Wildman–Crippen MR) is 311 cm³/mol. The second kappa shape index (κ2) is 30.0. The molecule has 0 aliphatic heterocycles. The quantitative estimate of drug-likeness (QED) is 0.140. The Morgan fingerprint density at radius 3 is 0.459 bits per heavy atom. The first-order valence-corrected chi connectivity index (χ1v) is 36.5. The van der Waals surface area contributed by atoms with E-state index in [0.29, 0.717) is 71.9 Å². The van der Waals surface area contributed by atoms with Crippen molar-refractivity contribution in [1.29, 1.82) is 0 Å². The minimum absolute atomic E-state index is 0. The van der Waals surface area contributed by atoms with E-state index < -0.39 is 92.2 Å². The Morgan fingerprint density at radius 2 is 0.341 bits per heavy atom. The van der Waals surface area contributed by atoms with Gasteiger partial charge in [-0.2, -0.15) is 0 Å². The molecular weight excluding hydrogens is 1250 g/mol. The van der Waals surface area contributed by atoms with Gasteiger partial charge in [-0.1, -0.05) is 146 Å². The fourth-order valence-electron chi connectivity index (χ4n) is 12.1. The number of aryl methyl sites for hydroxylation is 6. The first-order chi connectivity index (χ1) is 39.5. The first kappa shape index (κ1) is 69.4. The van der Waals surface area contributed by atoms with Crippen molar-refractivity contribution in [3.63, 3.8) is 0 Å². The van der Waals surface area contributed by atoms with E-state index in [0.717, 1.165) is 110 Å². The van der Waals surface area contributed by atoms with Gasteiger partial charge >= 0.3 is 17.4 Å². The molecule has 6 atom stereocenters. The standard InChI is InChI=1S/6C10H12O3S.Cr/c6*11-14(12,13)10-7-3-5-8-4-1-2-6-9(8)10;/h6*1-2,4,6,10H,3,5,7H2,(H,11,12,13);/q;;;;;;+6/p-6. The molecule has 6 aromatic carbocycles. The summed E-state index contributed by atoms with van der Waals surface area (Å²) in [5.74, 6) is 0. The van der Waals surface area contributed by atoms with Crippen LogP contribution in [0.4, 0.5) is 0 Å². The third-order valence-corrected chi connectivity index (χ3v) is 23.1. The molecule has 6 unspecified atom stereocenters. The Morgan fingerprint density at radius 1 is 0.224 bits per heavy atom. The summed E-state index contributed by atoms with van der Waals surface area (Å²) in [6, 6.07) is 43.8. The van der Waals surface area contributed by atoms with Crippen LogP contribution in [0.5, 0.6) is 0 Å². The number of benzene rings is 6. The van der Waals surface area contributed by atoms with E-state index in [2.05, 4.69) is 0 Å². The van der Waals surface area contributed by atoms with Gasteiger partial charge in [-0.25, -0.2) is 50.5 Å². The van der Waals surface area contributed by atoms with Crippen molar-refractivity contribution in [3.05, 3.63) is 212 Å². The average Bonchev–Trinajstić information content (AvgIpc) is 3.19. The molecule has 456 valence electrons. The van der Waals surface area contributed by atoms with Gasteiger partial charge in [0.25, 0.3) is 0 Å². The van der Waals surface area contributed by atoms with Crippen molar-refractivity contribution < 1.29 is 95.2 Å². The molecule has 18 nitrogen and oxygen atoms in total. The third kappa shape index (κ3) is 19.2. The van der Waals surface area contributed by atoms with E-state index in [4.69, 9.17) is 0 Å².